The molecule has 3 aliphatic rings. The second-order valence-corrected chi connectivity index (χ2v) is 27.2. The lowest BCUT2D eigenvalue weighted by Crippen LogP contribution is -2.54. The first-order chi connectivity index (χ1) is 37.9. The number of nitrogens with zero attached hydrogens (tertiary/aromatic N) is 7. The van der Waals surface area contributed by atoms with Crippen molar-refractivity contribution in [2.45, 2.75) is 144 Å². The van der Waals surface area contributed by atoms with E-state index >= 15 is 0 Å². The van der Waals surface area contributed by atoms with Gasteiger partial charge in [0.05, 0.1) is 13.7 Å². The SMILES string of the molecule is CC(C)=CC(CC(C)(C)c1ccc(F)cc1)N1CCN(S(=O)(=O)N(C)C)CC1.CCOC(=O)N1CCN(C(C=C(C)C)CC(C)(C)c2ccc(F)cc2)CC1.COC(=O)N1CCN(C(C=C(C)C)CC(C)(C)c2ccc(Cl)cc2)CC1. The Kier molecular flexibility index (Phi) is 26.6. The smallest absolute Gasteiger partial charge is 0.409 e. The predicted molar refractivity (Wildman–Crippen MR) is 328 cm³/mol. The quantitative estimate of drug-likeness (QED) is 0.115. The van der Waals surface area contributed by atoms with Crippen molar-refractivity contribution >= 4 is 34.0 Å². The Hall–Kier alpha value is -4.68. The van der Waals surface area contributed by atoms with E-state index in [9.17, 15) is 26.8 Å². The average Bonchev–Trinajstić information content (AvgIpc) is 3.40. The van der Waals surface area contributed by atoms with Gasteiger partial charge in [0.1, 0.15) is 11.6 Å². The van der Waals surface area contributed by atoms with Crippen LogP contribution in [0.1, 0.15) is 126 Å². The molecule has 3 unspecified atom stereocenters. The van der Waals surface area contributed by atoms with E-state index in [0.717, 1.165) is 61.6 Å². The van der Waals surface area contributed by atoms with Crippen molar-refractivity contribution in [2.24, 2.45) is 0 Å². The zero-order valence-electron chi connectivity index (χ0n) is 51.8. The van der Waals surface area contributed by atoms with Crippen LogP contribution in [0.3, 0.4) is 0 Å². The molecule has 81 heavy (non-hydrogen) atoms. The number of allylic oxidation sites excluding steroid dienone is 3. The van der Waals surface area contributed by atoms with Crippen molar-refractivity contribution in [3.8, 4) is 0 Å². The normalized spacial score (nSPS) is 17.3. The first kappa shape index (κ1) is 68.8. The van der Waals surface area contributed by atoms with Crippen LogP contribution in [-0.4, -0.2) is 178 Å². The topological polar surface area (TPSA) is 109 Å². The van der Waals surface area contributed by atoms with Gasteiger partial charge in [-0.3, -0.25) is 14.7 Å². The Morgan fingerprint density at radius 2 is 0.840 bits per heavy atom. The molecule has 3 atom stereocenters. The van der Waals surface area contributed by atoms with Crippen molar-refractivity contribution < 1.29 is 36.3 Å². The number of methoxy groups -OCH3 is 1. The largest absolute Gasteiger partial charge is 0.453 e. The van der Waals surface area contributed by atoms with Crippen LogP contribution in [0.25, 0.3) is 0 Å². The van der Waals surface area contributed by atoms with Crippen LogP contribution in [-0.2, 0) is 35.9 Å². The van der Waals surface area contributed by atoms with Crippen molar-refractivity contribution in [1.29, 1.82) is 0 Å². The summed E-state index contributed by atoms with van der Waals surface area (Å²) >= 11 is 6.05. The van der Waals surface area contributed by atoms with Crippen LogP contribution >= 0.6 is 11.6 Å². The Morgan fingerprint density at radius 1 is 0.543 bits per heavy atom. The third kappa shape index (κ3) is 21.5. The first-order valence-corrected chi connectivity index (χ1v) is 30.5. The molecule has 0 bridgehead atoms. The highest BCUT2D eigenvalue weighted by atomic mass is 35.5. The number of halogens is 3. The minimum atomic E-state index is -3.37. The van der Waals surface area contributed by atoms with E-state index in [1.165, 1.54) is 58.0 Å². The molecular weight excluding hydrogens is 1070 g/mol. The number of benzene rings is 3. The van der Waals surface area contributed by atoms with Crippen LogP contribution in [0.5, 0.6) is 0 Å². The molecule has 17 heteroatoms. The maximum atomic E-state index is 13.3. The van der Waals surface area contributed by atoms with Gasteiger partial charge in [-0.25, -0.2) is 18.4 Å². The number of carbonyl (C=O) groups excluding carboxylic acids is 2. The standard InChI is InChI=1S/C22H33FN2O2.C21H31ClN2O2.C21H34FN3O2S/c1-6-27-21(26)25-13-11-24(12-14-25)20(15-17(2)3)16-22(4,5)18-7-9-19(23)10-8-18;1-16(2)14-19(23-10-12-24(13-11-23)20(25)26-5)15-21(3,4)17-6-8-18(22)9-7-17;1-17(2)15-20(16-21(3,4)18-7-9-19(22)10-8-18)24-11-13-25(14-12-24)28(26,27)23(5)6/h7-10,15,20H,6,11-14,16H2,1-5H3;6-9,14,19H,10-13,15H2,1-5H3;7-10,15,20H,11-14,16H2,1-6H3. The van der Waals surface area contributed by atoms with Crippen molar-refractivity contribution in [1.82, 2.24) is 33.1 Å². The highest BCUT2D eigenvalue weighted by molar-refractivity contribution is 7.86. The fourth-order valence-corrected chi connectivity index (χ4v) is 12.2. The molecule has 0 aromatic heterocycles. The summed E-state index contributed by atoms with van der Waals surface area (Å²) < 4.78 is 64.1. The van der Waals surface area contributed by atoms with Gasteiger partial charge >= 0.3 is 12.2 Å². The summed E-state index contributed by atoms with van der Waals surface area (Å²) in [6, 6.07) is 22.6. The molecule has 3 aromatic carbocycles. The van der Waals surface area contributed by atoms with Gasteiger partial charge in [0.25, 0.3) is 10.2 Å². The van der Waals surface area contributed by atoms with Crippen molar-refractivity contribution in [3.63, 3.8) is 0 Å². The molecular formula is C64H98ClF2N7O6S. The first-order valence-electron chi connectivity index (χ1n) is 28.8. The fourth-order valence-electron chi connectivity index (χ4n) is 11.0. The van der Waals surface area contributed by atoms with Gasteiger partial charge in [0.15, 0.2) is 0 Å². The maximum absolute atomic E-state index is 13.3. The van der Waals surface area contributed by atoms with Gasteiger partial charge in [-0.15, -0.1) is 0 Å². The number of ether oxygens (including phenoxy) is 2. The van der Waals surface area contributed by atoms with E-state index in [4.69, 9.17) is 21.1 Å². The Balaban J connectivity index is 0.000000262. The molecule has 452 valence electrons. The lowest BCUT2D eigenvalue weighted by atomic mass is 9.78. The van der Waals surface area contributed by atoms with Gasteiger partial charge in [0, 0.05) is 116 Å². The summed E-state index contributed by atoms with van der Waals surface area (Å²) in [4.78, 5) is 34.5. The van der Waals surface area contributed by atoms with Gasteiger partial charge < -0.3 is 19.3 Å². The summed E-state index contributed by atoms with van der Waals surface area (Å²) in [5, 5.41) is 0.768. The molecule has 13 nitrogen and oxygen atoms in total. The Bertz CT molecular complexity index is 2630. The van der Waals surface area contributed by atoms with E-state index in [-0.39, 0.29) is 52.1 Å². The third-order valence-corrected chi connectivity index (χ3v) is 17.9. The highest BCUT2D eigenvalue weighted by Gasteiger charge is 2.35. The monoisotopic (exact) mass is 1170 g/mol. The molecule has 0 saturated carbocycles. The molecule has 6 rings (SSSR count). The second-order valence-electron chi connectivity index (χ2n) is 24.7. The second kappa shape index (κ2) is 31.3. The lowest BCUT2D eigenvalue weighted by Gasteiger charge is -2.41. The lowest BCUT2D eigenvalue weighted by molar-refractivity contribution is 0.0684. The minimum Gasteiger partial charge on any atom is -0.453 e. The molecule has 3 saturated heterocycles. The molecule has 0 spiro atoms. The van der Waals surface area contributed by atoms with E-state index in [2.05, 4.69) is 128 Å². The van der Waals surface area contributed by atoms with Crippen LogP contribution in [0, 0.1) is 11.6 Å². The number of hydrogen-bond donors (Lipinski definition) is 0. The third-order valence-electron chi connectivity index (χ3n) is 15.7. The zero-order chi connectivity index (χ0) is 60.5. The molecule has 3 aliphatic heterocycles. The maximum Gasteiger partial charge on any atom is 0.409 e. The van der Waals surface area contributed by atoms with E-state index in [1.807, 2.05) is 43.3 Å². The molecule has 3 heterocycles. The van der Waals surface area contributed by atoms with Gasteiger partial charge in [-0.2, -0.15) is 17.0 Å². The fraction of sp³-hybridized carbons (Fsp3) is 0.594. The minimum absolute atomic E-state index is 0.0285. The molecule has 0 radical (unpaired) electrons. The molecule has 0 aliphatic carbocycles. The number of hydrogen-bond acceptors (Lipinski definition) is 9. The summed E-state index contributed by atoms with van der Waals surface area (Å²) in [6.07, 6.45) is 9.30. The van der Waals surface area contributed by atoms with Gasteiger partial charge in [-0.1, -0.05) is 124 Å². The van der Waals surface area contributed by atoms with Gasteiger partial charge in [-0.05, 0) is 137 Å². The van der Waals surface area contributed by atoms with Crippen LogP contribution < -0.4 is 0 Å². The summed E-state index contributed by atoms with van der Waals surface area (Å²) in [5.74, 6) is -0.427. The van der Waals surface area contributed by atoms with Crippen LogP contribution in [0.4, 0.5) is 18.4 Å². The molecule has 3 fully saturated rings. The molecule has 2 amide bonds. The van der Waals surface area contributed by atoms with Crippen molar-refractivity contribution in [3.05, 3.63) is 141 Å². The van der Waals surface area contributed by atoms with Crippen LogP contribution in [0.15, 0.2) is 108 Å². The number of rotatable bonds is 18. The van der Waals surface area contributed by atoms with Gasteiger partial charge in [0.2, 0.25) is 0 Å². The average molecular weight is 1170 g/mol. The van der Waals surface area contributed by atoms with E-state index < -0.39 is 10.2 Å². The number of amides is 2. The summed E-state index contributed by atoms with van der Waals surface area (Å²) in [7, 11) is 1.21. The van der Waals surface area contributed by atoms with E-state index in [0.29, 0.717) is 65.0 Å². The van der Waals surface area contributed by atoms with Crippen molar-refractivity contribution in [2.75, 3.05) is 106 Å². The van der Waals surface area contributed by atoms with Crippen LogP contribution in [0.2, 0.25) is 5.02 Å². The molecule has 0 N–H and O–H groups in total. The highest BCUT2D eigenvalue weighted by Crippen LogP contribution is 2.35. The number of carbonyl (C=O) groups is 2. The Morgan fingerprint density at radius 3 is 1.12 bits per heavy atom. The predicted octanol–water partition coefficient (Wildman–Crippen LogP) is 12.6. The Labute approximate surface area is 492 Å². The zero-order valence-corrected chi connectivity index (χ0v) is 53.4. The number of piperazine rings is 3. The molecule has 3 aromatic rings. The summed E-state index contributed by atoms with van der Waals surface area (Å²) in [5.41, 5.74) is 7.20. The summed E-state index contributed by atoms with van der Waals surface area (Å²) in [6.45, 7) is 36.8. The van der Waals surface area contributed by atoms with E-state index in [1.54, 1.807) is 28.2 Å².